The molecule has 0 radical (unpaired) electrons. The number of carbonyl (C=O) groups is 4. The zero-order chi connectivity index (χ0) is 43.3. The summed E-state index contributed by atoms with van der Waals surface area (Å²) in [6, 6.07) is 21.3. The normalized spacial score (nSPS) is 26.7. The fraction of sp³-hybridized carbons (Fsp3) is 0.540. The topological polar surface area (TPSA) is 138 Å². The van der Waals surface area contributed by atoms with E-state index >= 15 is 0 Å². The number of nitrogens with zero attached hydrogens (tertiary/aromatic N) is 3. The zero-order valence-electron chi connectivity index (χ0n) is 36.6. The van der Waals surface area contributed by atoms with Gasteiger partial charge in [-0.1, -0.05) is 27.7 Å². The van der Waals surface area contributed by atoms with Crippen LogP contribution in [0.5, 0.6) is 11.5 Å². The Hall–Kier alpha value is -5.05. The van der Waals surface area contributed by atoms with Crippen molar-refractivity contribution in [3.63, 3.8) is 0 Å². The number of anilines is 1. The monoisotopic (exact) mass is 828 g/mol. The highest BCUT2D eigenvalue weighted by molar-refractivity contribution is 6.06. The van der Waals surface area contributed by atoms with Crippen LogP contribution < -0.4 is 19.7 Å². The lowest BCUT2D eigenvalue weighted by atomic mass is 9.44. The molecule has 5 fully saturated rings. The molecular weight excluding hydrogens is 769 g/mol. The molecule has 3 saturated carbocycles. The first-order valence-electron chi connectivity index (χ1n) is 22.1. The molecule has 3 aromatic carbocycles. The van der Waals surface area contributed by atoms with Gasteiger partial charge in [0.05, 0.1) is 36.3 Å². The largest absolute Gasteiger partial charge is 0.490 e. The highest BCUT2D eigenvalue weighted by Gasteiger charge is 2.63. The third-order valence-electron chi connectivity index (χ3n) is 14.7. The van der Waals surface area contributed by atoms with E-state index in [0.29, 0.717) is 36.4 Å². The molecule has 322 valence electrons. The van der Waals surface area contributed by atoms with Gasteiger partial charge < -0.3 is 24.4 Å². The van der Waals surface area contributed by atoms with Gasteiger partial charge in [-0.15, -0.1) is 0 Å². The summed E-state index contributed by atoms with van der Waals surface area (Å²) in [6.07, 6.45) is 4.86. The van der Waals surface area contributed by atoms with Gasteiger partial charge in [0.2, 0.25) is 0 Å². The Bertz CT molecular complexity index is 2170. The van der Waals surface area contributed by atoms with Crippen LogP contribution in [0.2, 0.25) is 0 Å². The molecule has 0 aromatic heterocycles. The number of Topliss-reactive ketones (excluding diaryl/α,β-unsaturated/α-hetero) is 3. The molecular formula is C50H60N4O7. The van der Waals surface area contributed by atoms with E-state index in [1.807, 2.05) is 50.2 Å². The number of morpholine rings is 1. The molecule has 2 saturated heterocycles. The number of ether oxygens (including phenoxy) is 3. The van der Waals surface area contributed by atoms with E-state index in [-0.39, 0.29) is 64.2 Å². The van der Waals surface area contributed by atoms with Crippen molar-refractivity contribution in [2.45, 2.75) is 123 Å². The van der Waals surface area contributed by atoms with E-state index in [2.05, 4.69) is 61.0 Å². The van der Waals surface area contributed by atoms with Crippen LogP contribution in [0, 0.1) is 41.9 Å². The first kappa shape index (κ1) is 42.6. The Morgan fingerprint density at radius 1 is 0.869 bits per heavy atom. The fourth-order valence-electron chi connectivity index (χ4n) is 11.2. The molecule has 8 rings (SSSR count). The summed E-state index contributed by atoms with van der Waals surface area (Å²) in [5, 5.41) is 12.3. The number of ketones is 3. The molecule has 1 unspecified atom stereocenters. The summed E-state index contributed by atoms with van der Waals surface area (Å²) in [5.41, 5.74) is 4.29. The molecule has 1 atom stereocenters. The van der Waals surface area contributed by atoms with Crippen molar-refractivity contribution < 1.29 is 33.4 Å². The van der Waals surface area contributed by atoms with Crippen LogP contribution in [-0.4, -0.2) is 90.8 Å². The molecule has 2 aliphatic heterocycles. The van der Waals surface area contributed by atoms with Crippen molar-refractivity contribution in [2.24, 2.45) is 16.7 Å². The average molecular weight is 829 g/mol. The van der Waals surface area contributed by atoms with Gasteiger partial charge >= 0.3 is 0 Å². The average Bonchev–Trinajstić information content (AvgIpc) is 3.21. The molecule has 11 heteroatoms. The highest BCUT2D eigenvalue weighted by atomic mass is 16.5. The summed E-state index contributed by atoms with van der Waals surface area (Å²) in [4.78, 5) is 55.1. The van der Waals surface area contributed by atoms with E-state index in [9.17, 15) is 24.4 Å². The van der Waals surface area contributed by atoms with Gasteiger partial charge in [0.25, 0.3) is 5.91 Å². The Morgan fingerprint density at radius 2 is 1.51 bits per heavy atom. The molecule has 1 spiro atoms. The number of hydrogen-bond acceptors (Lipinski definition) is 10. The number of hydrogen-bond donors (Lipinski definition) is 1. The number of rotatable bonds is 11. The van der Waals surface area contributed by atoms with Crippen LogP contribution in [0.4, 0.5) is 5.69 Å². The predicted molar refractivity (Wildman–Crippen MR) is 232 cm³/mol. The number of piperidine rings is 1. The minimum absolute atomic E-state index is 0.0640. The van der Waals surface area contributed by atoms with Gasteiger partial charge in [0.1, 0.15) is 29.5 Å². The Morgan fingerprint density at radius 3 is 2.13 bits per heavy atom. The van der Waals surface area contributed by atoms with Gasteiger partial charge in [0.15, 0.2) is 11.6 Å². The molecule has 1 amide bonds. The van der Waals surface area contributed by atoms with Crippen molar-refractivity contribution in [3.8, 4) is 17.6 Å². The third kappa shape index (κ3) is 8.59. The van der Waals surface area contributed by atoms with Crippen LogP contribution in [0.1, 0.15) is 116 Å². The summed E-state index contributed by atoms with van der Waals surface area (Å²) < 4.78 is 19.4. The van der Waals surface area contributed by atoms with Gasteiger partial charge in [-0.2, -0.15) is 5.26 Å². The Labute approximate surface area is 360 Å². The van der Waals surface area contributed by atoms with Crippen molar-refractivity contribution >= 4 is 28.9 Å². The molecule has 3 aromatic rings. The first-order valence-corrected chi connectivity index (χ1v) is 22.1. The SMILES string of the molecule is Cc1cc(OC2C(C)(C)C(CC(=O)c3ccc(N4CCC5(CC4)CN(C4CC(Oc6ccc(C(=O)NC7CCC(=O)CC7=O)cc6)C4)CCO5)cc3)C2(C)C)cc(C)c1C#N. The quantitative estimate of drug-likeness (QED) is 0.152. The van der Waals surface area contributed by atoms with Gasteiger partial charge in [-0.25, -0.2) is 0 Å². The van der Waals surface area contributed by atoms with Crippen LogP contribution in [-0.2, 0) is 14.3 Å². The maximum absolute atomic E-state index is 13.7. The lowest BCUT2D eigenvalue weighted by Gasteiger charge is -2.63. The Kier molecular flexibility index (Phi) is 11.7. The van der Waals surface area contributed by atoms with Crippen LogP contribution in [0.25, 0.3) is 0 Å². The van der Waals surface area contributed by atoms with Crippen molar-refractivity contribution in [3.05, 3.63) is 88.5 Å². The van der Waals surface area contributed by atoms with E-state index in [0.717, 1.165) is 92.3 Å². The predicted octanol–water partition coefficient (Wildman–Crippen LogP) is 7.58. The van der Waals surface area contributed by atoms with Crippen LogP contribution in [0.3, 0.4) is 0 Å². The van der Waals surface area contributed by atoms with Crippen molar-refractivity contribution in [1.82, 2.24) is 10.2 Å². The summed E-state index contributed by atoms with van der Waals surface area (Å²) in [5.74, 6) is 1.20. The molecule has 0 bridgehead atoms. The third-order valence-corrected chi connectivity index (χ3v) is 14.7. The highest BCUT2D eigenvalue weighted by Crippen LogP contribution is 2.62. The van der Waals surface area contributed by atoms with E-state index in [1.165, 1.54) is 0 Å². The maximum Gasteiger partial charge on any atom is 0.251 e. The van der Waals surface area contributed by atoms with Gasteiger partial charge in [-0.05, 0) is 111 Å². The van der Waals surface area contributed by atoms with Gasteiger partial charge in [0, 0.05) is 85.5 Å². The lowest BCUT2D eigenvalue weighted by molar-refractivity contribution is -0.196. The summed E-state index contributed by atoms with van der Waals surface area (Å²) in [6.45, 7) is 17.0. The molecule has 5 aliphatic rings. The number of amides is 1. The number of nitrogens with one attached hydrogen (secondary N) is 1. The molecule has 3 aliphatic carbocycles. The molecule has 11 nitrogen and oxygen atoms in total. The summed E-state index contributed by atoms with van der Waals surface area (Å²) >= 11 is 0. The minimum Gasteiger partial charge on any atom is -0.490 e. The lowest BCUT2D eigenvalue weighted by Crippen LogP contribution is -2.66. The molecule has 2 heterocycles. The smallest absolute Gasteiger partial charge is 0.251 e. The Balaban J connectivity index is 0.781. The van der Waals surface area contributed by atoms with E-state index < -0.39 is 6.04 Å². The maximum atomic E-state index is 13.7. The first-order chi connectivity index (χ1) is 29.0. The van der Waals surface area contributed by atoms with Crippen LogP contribution >= 0.6 is 0 Å². The van der Waals surface area contributed by atoms with E-state index in [4.69, 9.17) is 14.2 Å². The van der Waals surface area contributed by atoms with E-state index in [1.54, 1.807) is 12.1 Å². The second-order valence-electron chi connectivity index (χ2n) is 19.5. The van der Waals surface area contributed by atoms with Crippen LogP contribution in [0.15, 0.2) is 60.7 Å². The number of nitriles is 1. The number of carbonyl (C=O) groups excluding carboxylic acids is 4. The second-order valence-corrected chi connectivity index (χ2v) is 19.5. The molecule has 1 N–H and O–H groups in total. The van der Waals surface area contributed by atoms with Gasteiger partial charge in [-0.3, -0.25) is 24.1 Å². The summed E-state index contributed by atoms with van der Waals surface area (Å²) in [7, 11) is 0. The zero-order valence-corrected chi connectivity index (χ0v) is 36.6. The molecule has 61 heavy (non-hydrogen) atoms. The second kappa shape index (κ2) is 16.7. The standard InChI is InChI=1S/C50H60N4O7/c1-31-23-39(24-32(2)41(31)29-51)61-47-48(3,4)45(49(47,5)6)28-43(56)33-7-11-35(12-8-33)53-19-17-50(18-20-53)30-54(21-22-59-50)36-25-40(26-36)60-38-14-9-34(10-15-38)46(58)52-42-16-13-37(55)27-44(42)57/h7-12,14-15,23-24,36,40,42,45,47H,13,16-22,25-28,30H2,1-6H3,(H,52,58). The van der Waals surface area contributed by atoms with Crippen molar-refractivity contribution in [1.29, 1.82) is 5.26 Å². The number of benzene rings is 3. The fourth-order valence-corrected chi connectivity index (χ4v) is 11.2. The van der Waals surface area contributed by atoms with Crippen molar-refractivity contribution in [2.75, 3.05) is 37.7 Å². The number of aryl methyl sites for hydroxylation is 2. The minimum atomic E-state index is -0.603.